The number of halogens is 1. The Morgan fingerprint density at radius 3 is 2.29 bits per heavy atom. The van der Waals surface area contributed by atoms with E-state index in [-0.39, 0.29) is 12.4 Å². The van der Waals surface area contributed by atoms with Crippen molar-refractivity contribution in [3.05, 3.63) is 65.0 Å². The van der Waals surface area contributed by atoms with Crippen molar-refractivity contribution in [2.24, 2.45) is 0 Å². The fourth-order valence-electron chi connectivity index (χ4n) is 2.10. The first-order chi connectivity index (χ1) is 9.97. The van der Waals surface area contributed by atoms with Crippen molar-refractivity contribution in [3.8, 4) is 5.75 Å². The molecule has 2 nitrogen and oxygen atoms in total. The lowest BCUT2D eigenvalue weighted by Crippen LogP contribution is -2.10. The molecule has 3 heteroatoms. The molecule has 0 spiro atoms. The average Bonchev–Trinajstić information content (AvgIpc) is 2.48. The summed E-state index contributed by atoms with van der Waals surface area (Å²) in [6, 6.07) is 12.2. The maximum atomic E-state index is 13.2. The first-order valence-electron chi connectivity index (χ1n) is 7.14. The second-order valence-electron chi connectivity index (χ2n) is 5.56. The smallest absolute Gasteiger partial charge is 0.126 e. The van der Waals surface area contributed by atoms with Crippen LogP contribution in [-0.2, 0) is 0 Å². The van der Waals surface area contributed by atoms with E-state index in [2.05, 4.69) is 13.8 Å². The van der Waals surface area contributed by atoms with Crippen molar-refractivity contribution in [3.63, 3.8) is 0 Å². The number of aryl methyl sites for hydroxylation is 1. The van der Waals surface area contributed by atoms with Gasteiger partial charge in [0, 0.05) is 6.07 Å². The summed E-state index contributed by atoms with van der Waals surface area (Å²) < 4.78 is 18.7. The summed E-state index contributed by atoms with van der Waals surface area (Å²) in [7, 11) is 0. The second-order valence-corrected chi connectivity index (χ2v) is 5.56. The Morgan fingerprint density at radius 2 is 1.67 bits per heavy atom. The Kier molecular flexibility index (Phi) is 4.97. The van der Waals surface area contributed by atoms with Crippen molar-refractivity contribution in [1.29, 1.82) is 0 Å². The highest BCUT2D eigenvalue weighted by atomic mass is 19.1. The predicted octanol–water partition coefficient (Wildman–Crippen LogP) is 4.37. The largest absolute Gasteiger partial charge is 0.490 e. The number of benzene rings is 2. The number of aliphatic hydroxyl groups is 1. The summed E-state index contributed by atoms with van der Waals surface area (Å²) in [5.74, 6) is 0.585. The van der Waals surface area contributed by atoms with E-state index in [4.69, 9.17) is 4.74 Å². The van der Waals surface area contributed by atoms with E-state index in [1.807, 2.05) is 31.2 Å². The number of hydrogen-bond donors (Lipinski definition) is 1. The van der Waals surface area contributed by atoms with Crippen molar-refractivity contribution in [2.45, 2.75) is 32.8 Å². The van der Waals surface area contributed by atoms with Gasteiger partial charge in [0.25, 0.3) is 0 Å². The third kappa shape index (κ3) is 4.05. The van der Waals surface area contributed by atoms with Crippen LogP contribution in [0.2, 0.25) is 0 Å². The molecule has 1 N–H and O–H groups in total. The van der Waals surface area contributed by atoms with Gasteiger partial charge in [-0.1, -0.05) is 44.2 Å². The van der Waals surface area contributed by atoms with E-state index in [1.165, 1.54) is 17.7 Å². The van der Waals surface area contributed by atoms with Crippen LogP contribution in [0.25, 0.3) is 0 Å². The molecule has 0 amide bonds. The number of ether oxygens (including phenoxy) is 1. The summed E-state index contributed by atoms with van der Waals surface area (Å²) in [6.45, 7) is 6.20. The van der Waals surface area contributed by atoms with Crippen LogP contribution in [0.5, 0.6) is 5.75 Å². The van der Waals surface area contributed by atoms with Gasteiger partial charge in [-0.2, -0.15) is 0 Å². The number of aliphatic hydroxyl groups excluding tert-OH is 1. The Morgan fingerprint density at radius 1 is 1.05 bits per heavy atom. The molecule has 112 valence electrons. The van der Waals surface area contributed by atoms with Gasteiger partial charge in [-0.15, -0.1) is 0 Å². The lowest BCUT2D eigenvalue weighted by atomic mass is 10.0. The van der Waals surface area contributed by atoms with E-state index >= 15 is 0 Å². The van der Waals surface area contributed by atoms with E-state index in [1.54, 1.807) is 6.07 Å². The molecule has 2 aromatic carbocycles. The molecule has 0 heterocycles. The molecule has 2 aromatic rings. The van der Waals surface area contributed by atoms with Gasteiger partial charge in [-0.25, -0.2) is 4.39 Å². The molecule has 0 saturated carbocycles. The molecule has 0 fully saturated rings. The minimum atomic E-state index is -0.728. The molecule has 0 bridgehead atoms. The Bertz CT molecular complexity index is 591. The molecule has 0 radical (unpaired) electrons. The van der Waals surface area contributed by atoms with E-state index in [0.29, 0.717) is 11.7 Å². The molecular formula is C18H21FO2. The van der Waals surface area contributed by atoms with Crippen LogP contribution in [0.1, 0.15) is 42.6 Å². The number of rotatable bonds is 5. The summed E-state index contributed by atoms with van der Waals surface area (Å²) in [4.78, 5) is 0. The number of hydrogen-bond acceptors (Lipinski definition) is 2. The quantitative estimate of drug-likeness (QED) is 0.885. The molecule has 0 aromatic heterocycles. The minimum Gasteiger partial charge on any atom is -0.490 e. The molecule has 0 aliphatic rings. The Hall–Kier alpha value is -1.87. The van der Waals surface area contributed by atoms with E-state index in [9.17, 15) is 9.50 Å². The fraction of sp³-hybridized carbons (Fsp3) is 0.333. The van der Waals surface area contributed by atoms with Crippen LogP contribution in [0, 0.1) is 12.7 Å². The Labute approximate surface area is 125 Å². The summed E-state index contributed by atoms with van der Waals surface area (Å²) >= 11 is 0. The molecule has 21 heavy (non-hydrogen) atoms. The van der Waals surface area contributed by atoms with Crippen LogP contribution >= 0.6 is 0 Å². The first kappa shape index (κ1) is 15.5. The molecular weight excluding hydrogens is 267 g/mol. The van der Waals surface area contributed by atoms with Crippen molar-refractivity contribution < 1.29 is 14.2 Å². The first-order valence-corrected chi connectivity index (χ1v) is 7.14. The van der Waals surface area contributed by atoms with Crippen molar-refractivity contribution >= 4 is 0 Å². The van der Waals surface area contributed by atoms with E-state index in [0.717, 1.165) is 11.1 Å². The van der Waals surface area contributed by atoms with Gasteiger partial charge in [-0.3, -0.25) is 0 Å². The summed E-state index contributed by atoms with van der Waals surface area (Å²) in [5, 5.41) is 10.2. The monoisotopic (exact) mass is 288 g/mol. The average molecular weight is 288 g/mol. The normalized spacial score (nSPS) is 12.5. The lowest BCUT2D eigenvalue weighted by Gasteiger charge is -2.15. The highest BCUT2D eigenvalue weighted by Crippen LogP contribution is 2.22. The summed E-state index contributed by atoms with van der Waals surface area (Å²) in [5.41, 5.74) is 2.88. The zero-order valence-electron chi connectivity index (χ0n) is 12.6. The van der Waals surface area contributed by atoms with Gasteiger partial charge in [0.05, 0.1) is 0 Å². The highest BCUT2D eigenvalue weighted by Gasteiger charge is 2.10. The van der Waals surface area contributed by atoms with Crippen LogP contribution in [0.3, 0.4) is 0 Å². The van der Waals surface area contributed by atoms with Gasteiger partial charge in [0.2, 0.25) is 0 Å². The molecule has 0 aliphatic heterocycles. The van der Waals surface area contributed by atoms with Gasteiger partial charge < -0.3 is 9.84 Å². The minimum absolute atomic E-state index is 0.102. The molecule has 0 saturated heterocycles. The highest BCUT2D eigenvalue weighted by molar-refractivity contribution is 5.33. The lowest BCUT2D eigenvalue weighted by molar-refractivity contribution is 0.107. The molecule has 2 rings (SSSR count). The maximum absolute atomic E-state index is 13.2. The third-order valence-corrected chi connectivity index (χ3v) is 3.53. The maximum Gasteiger partial charge on any atom is 0.126 e. The van der Waals surface area contributed by atoms with Crippen LogP contribution in [-0.4, -0.2) is 11.7 Å². The molecule has 0 aliphatic carbocycles. The molecule has 1 atom stereocenters. The summed E-state index contributed by atoms with van der Waals surface area (Å²) in [6.07, 6.45) is -0.728. The van der Waals surface area contributed by atoms with Gasteiger partial charge >= 0.3 is 0 Å². The standard InChI is InChI=1S/C18H21FO2/c1-12(2)14-5-7-15(8-6-14)17(20)11-21-18-10-16(19)9-4-13(18)3/h4-10,12,17,20H,11H2,1-3H3. The van der Waals surface area contributed by atoms with Gasteiger partial charge in [0.1, 0.15) is 24.3 Å². The predicted molar refractivity (Wildman–Crippen MR) is 82.1 cm³/mol. The second kappa shape index (κ2) is 6.72. The molecule has 1 unspecified atom stereocenters. The van der Waals surface area contributed by atoms with E-state index < -0.39 is 6.10 Å². The Balaban J connectivity index is 2.01. The van der Waals surface area contributed by atoms with Crippen LogP contribution in [0.15, 0.2) is 42.5 Å². The fourth-order valence-corrected chi connectivity index (χ4v) is 2.10. The van der Waals surface area contributed by atoms with Crippen LogP contribution in [0.4, 0.5) is 4.39 Å². The SMILES string of the molecule is Cc1ccc(F)cc1OCC(O)c1ccc(C(C)C)cc1. The van der Waals surface area contributed by atoms with Crippen molar-refractivity contribution in [2.75, 3.05) is 6.61 Å². The van der Waals surface area contributed by atoms with Crippen molar-refractivity contribution in [1.82, 2.24) is 0 Å². The zero-order valence-corrected chi connectivity index (χ0v) is 12.6. The van der Waals surface area contributed by atoms with Gasteiger partial charge in [-0.05, 0) is 35.6 Å². The topological polar surface area (TPSA) is 29.5 Å². The zero-order chi connectivity index (χ0) is 15.4. The third-order valence-electron chi connectivity index (χ3n) is 3.53. The van der Waals surface area contributed by atoms with Gasteiger partial charge in [0.15, 0.2) is 0 Å². The van der Waals surface area contributed by atoms with Crippen LogP contribution < -0.4 is 4.74 Å².